The Balaban J connectivity index is 1.46. The molecule has 0 aliphatic carbocycles. The van der Waals surface area contributed by atoms with E-state index in [1.165, 1.54) is 40.8 Å². The minimum atomic E-state index is -0.417. The van der Waals surface area contributed by atoms with Gasteiger partial charge in [-0.2, -0.15) is 0 Å². The van der Waals surface area contributed by atoms with Crippen molar-refractivity contribution in [1.82, 2.24) is 4.98 Å². The number of hydrogen-bond donors (Lipinski definition) is 1. The van der Waals surface area contributed by atoms with Crippen LogP contribution in [0.15, 0.2) is 65.0 Å². The van der Waals surface area contributed by atoms with Gasteiger partial charge in [0.15, 0.2) is 4.34 Å². The van der Waals surface area contributed by atoms with Crippen molar-refractivity contribution < 1.29 is 14.5 Å². The van der Waals surface area contributed by atoms with Gasteiger partial charge in [-0.25, -0.2) is 4.98 Å². The Bertz CT molecular complexity index is 1390. The van der Waals surface area contributed by atoms with Gasteiger partial charge in [0.05, 0.1) is 22.2 Å². The Morgan fingerprint density at radius 3 is 2.51 bits per heavy atom. The molecule has 1 aromatic heterocycles. The van der Waals surface area contributed by atoms with Gasteiger partial charge in [-0.15, -0.1) is 11.3 Å². The van der Waals surface area contributed by atoms with E-state index in [9.17, 15) is 14.9 Å². The summed E-state index contributed by atoms with van der Waals surface area (Å²) in [5.41, 5.74) is 4.09. The minimum Gasteiger partial charge on any atom is -0.496 e. The van der Waals surface area contributed by atoms with Crippen LogP contribution in [-0.4, -0.2) is 22.9 Å². The molecule has 1 heterocycles. The number of rotatable bonds is 7. The van der Waals surface area contributed by atoms with Gasteiger partial charge in [-0.3, -0.25) is 14.9 Å². The zero-order valence-corrected chi connectivity index (χ0v) is 21.5. The predicted octanol–water partition coefficient (Wildman–Crippen LogP) is 7.06. The molecule has 4 rings (SSSR count). The molecule has 35 heavy (non-hydrogen) atoms. The fourth-order valence-corrected chi connectivity index (χ4v) is 5.58. The Labute approximate surface area is 211 Å². The number of nitrogens with zero attached hydrogens (tertiary/aromatic N) is 2. The molecule has 9 heteroatoms. The van der Waals surface area contributed by atoms with Crippen molar-refractivity contribution in [3.05, 3.63) is 87.5 Å². The normalized spacial score (nSPS) is 11.4. The van der Waals surface area contributed by atoms with E-state index in [1.807, 2.05) is 42.5 Å². The van der Waals surface area contributed by atoms with Crippen LogP contribution >= 0.6 is 23.1 Å². The van der Waals surface area contributed by atoms with Gasteiger partial charge in [0.1, 0.15) is 5.75 Å². The molecule has 0 radical (unpaired) electrons. The first-order chi connectivity index (χ1) is 16.6. The van der Waals surface area contributed by atoms with Crippen molar-refractivity contribution in [2.45, 2.75) is 36.3 Å². The monoisotopic (exact) mass is 507 g/mol. The van der Waals surface area contributed by atoms with E-state index < -0.39 is 4.92 Å². The lowest BCUT2D eigenvalue weighted by atomic mass is 9.87. The summed E-state index contributed by atoms with van der Waals surface area (Å²) >= 11 is 2.99. The van der Waals surface area contributed by atoms with Crippen LogP contribution < -0.4 is 10.1 Å². The van der Waals surface area contributed by atoms with Crippen molar-refractivity contribution in [1.29, 1.82) is 0 Å². The second-order valence-corrected chi connectivity index (χ2v) is 11.2. The van der Waals surface area contributed by atoms with Crippen LogP contribution in [0.4, 0.5) is 11.4 Å². The number of nitro groups is 1. The molecule has 0 bridgehead atoms. The van der Waals surface area contributed by atoms with E-state index in [4.69, 9.17) is 4.74 Å². The fourth-order valence-electron chi connectivity index (χ4n) is 3.50. The Morgan fingerprint density at radius 1 is 1.11 bits per heavy atom. The predicted molar refractivity (Wildman–Crippen MR) is 142 cm³/mol. The largest absolute Gasteiger partial charge is 0.496 e. The molecule has 0 fully saturated rings. The van der Waals surface area contributed by atoms with Crippen LogP contribution in [0.3, 0.4) is 0 Å². The molecule has 0 aliphatic heterocycles. The van der Waals surface area contributed by atoms with Gasteiger partial charge in [-0.05, 0) is 47.4 Å². The number of methoxy groups -OCH3 is 1. The summed E-state index contributed by atoms with van der Waals surface area (Å²) in [6, 6.07) is 17.9. The number of carbonyl (C=O) groups excluding carboxylic acids is 1. The van der Waals surface area contributed by atoms with E-state index in [1.54, 1.807) is 13.2 Å². The average molecular weight is 508 g/mol. The first kappa shape index (κ1) is 24.7. The third-order valence-corrected chi connectivity index (χ3v) is 7.68. The molecule has 0 spiro atoms. The zero-order valence-electron chi connectivity index (χ0n) is 19.8. The van der Waals surface area contributed by atoms with Gasteiger partial charge in [0.25, 0.3) is 11.6 Å². The second-order valence-electron chi connectivity index (χ2n) is 8.99. The van der Waals surface area contributed by atoms with E-state index in [2.05, 4.69) is 31.1 Å². The number of amides is 1. The maximum atomic E-state index is 12.7. The molecule has 0 unspecified atom stereocenters. The first-order valence-electron chi connectivity index (χ1n) is 10.9. The smallest absolute Gasteiger partial charge is 0.270 e. The summed E-state index contributed by atoms with van der Waals surface area (Å²) in [4.78, 5) is 28.1. The first-order valence-corrected chi connectivity index (χ1v) is 12.7. The highest BCUT2D eigenvalue weighted by Gasteiger charge is 2.16. The van der Waals surface area contributed by atoms with Crippen molar-refractivity contribution in [2.75, 3.05) is 12.4 Å². The van der Waals surface area contributed by atoms with Gasteiger partial charge < -0.3 is 10.1 Å². The fraction of sp³-hybridized carbons (Fsp3) is 0.231. The van der Waals surface area contributed by atoms with Crippen LogP contribution in [-0.2, 0) is 11.2 Å². The lowest BCUT2D eigenvalue weighted by molar-refractivity contribution is -0.384. The minimum absolute atomic E-state index is 0.0270. The number of nitrogens with one attached hydrogen (secondary N) is 1. The van der Waals surface area contributed by atoms with Crippen molar-refractivity contribution in [3.63, 3.8) is 0 Å². The molecule has 0 aliphatic rings. The van der Waals surface area contributed by atoms with Crippen LogP contribution in [0.5, 0.6) is 5.75 Å². The number of benzene rings is 3. The number of ether oxygens (including phenoxy) is 1. The Kier molecular flexibility index (Phi) is 7.09. The highest BCUT2D eigenvalue weighted by molar-refractivity contribution is 8.00. The van der Waals surface area contributed by atoms with Gasteiger partial charge in [0, 0.05) is 34.7 Å². The molecule has 3 aromatic carbocycles. The summed E-state index contributed by atoms with van der Waals surface area (Å²) < 4.78 is 7.12. The molecule has 7 nitrogen and oxygen atoms in total. The van der Waals surface area contributed by atoms with E-state index in [-0.39, 0.29) is 17.0 Å². The van der Waals surface area contributed by atoms with Crippen LogP contribution in [0.25, 0.3) is 10.2 Å². The lowest BCUT2D eigenvalue weighted by Crippen LogP contribution is -2.14. The standard InChI is InChI=1S/C26H25N3O4S2/c1-26(2,3)18-7-5-16(6-8-18)24(30)27-19-9-11-21-23(14-19)35-25(28-21)34-15-17-13-20(29(31)32)10-12-22(17)33-4/h5-14H,15H2,1-4H3,(H,27,30). The van der Waals surface area contributed by atoms with E-state index >= 15 is 0 Å². The van der Waals surface area contributed by atoms with Crippen LogP contribution in [0, 0.1) is 10.1 Å². The summed E-state index contributed by atoms with van der Waals surface area (Å²) in [6.07, 6.45) is 0. The van der Waals surface area contributed by atoms with Crippen LogP contribution in [0.2, 0.25) is 0 Å². The molecular weight excluding hydrogens is 482 g/mol. The Morgan fingerprint density at radius 2 is 1.86 bits per heavy atom. The highest BCUT2D eigenvalue weighted by Crippen LogP contribution is 2.35. The highest BCUT2D eigenvalue weighted by atomic mass is 32.2. The number of fused-ring (bicyclic) bond motifs is 1. The SMILES string of the molecule is COc1ccc([N+](=O)[O-])cc1CSc1nc2ccc(NC(=O)c3ccc(C(C)(C)C)cc3)cc2s1. The van der Waals surface area contributed by atoms with Crippen molar-refractivity contribution >= 4 is 50.6 Å². The zero-order chi connectivity index (χ0) is 25.2. The molecule has 180 valence electrons. The lowest BCUT2D eigenvalue weighted by Gasteiger charge is -2.19. The van der Waals surface area contributed by atoms with Gasteiger partial charge in [-0.1, -0.05) is 44.7 Å². The number of thiazole rings is 1. The number of nitro benzene ring substituents is 1. The number of aromatic nitrogens is 1. The van der Waals surface area contributed by atoms with E-state index in [0.29, 0.717) is 22.8 Å². The molecule has 0 saturated carbocycles. The second kappa shape index (κ2) is 10.1. The number of hydrogen-bond acceptors (Lipinski definition) is 7. The third kappa shape index (κ3) is 5.80. The summed E-state index contributed by atoms with van der Waals surface area (Å²) in [7, 11) is 1.54. The third-order valence-electron chi connectivity index (χ3n) is 5.47. The van der Waals surface area contributed by atoms with Crippen molar-refractivity contribution in [2.24, 2.45) is 0 Å². The van der Waals surface area contributed by atoms with Gasteiger partial charge >= 0.3 is 0 Å². The molecule has 1 amide bonds. The quantitative estimate of drug-likeness (QED) is 0.164. The topological polar surface area (TPSA) is 94.4 Å². The number of anilines is 1. The number of carbonyl (C=O) groups is 1. The van der Waals surface area contributed by atoms with Crippen molar-refractivity contribution in [3.8, 4) is 5.75 Å². The maximum absolute atomic E-state index is 12.7. The maximum Gasteiger partial charge on any atom is 0.270 e. The van der Waals surface area contributed by atoms with Crippen LogP contribution in [0.1, 0.15) is 42.3 Å². The van der Waals surface area contributed by atoms with Gasteiger partial charge in [0.2, 0.25) is 0 Å². The number of non-ortho nitro benzene ring substituents is 1. The average Bonchev–Trinajstić information content (AvgIpc) is 3.24. The molecule has 0 atom stereocenters. The molecule has 0 saturated heterocycles. The number of thioether (sulfide) groups is 1. The molecule has 4 aromatic rings. The summed E-state index contributed by atoms with van der Waals surface area (Å²) in [5, 5.41) is 14.1. The summed E-state index contributed by atoms with van der Waals surface area (Å²) in [5.74, 6) is 0.921. The molecule has 1 N–H and O–H groups in total. The molecular formula is C26H25N3O4S2. The Hall–Kier alpha value is -3.43. The van der Waals surface area contributed by atoms with E-state index in [0.717, 1.165) is 20.1 Å². The summed E-state index contributed by atoms with van der Waals surface area (Å²) in [6.45, 7) is 6.41.